The zero-order valence-electron chi connectivity index (χ0n) is 11.8. The van der Waals surface area contributed by atoms with Gasteiger partial charge in [-0.25, -0.2) is 9.59 Å². The number of carbonyl (C=O) groups is 2. The van der Waals surface area contributed by atoms with Crippen LogP contribution in [0.25, 0.3) is 0 Å². The largest absolute Gasteiger partial charge is 0.441 e. The first-order valence-electron chi connectivity index (χ1n) is 5.96. The lowest BCUT2D eigenvalue weighted by molar-refractivity contribution is -0.139. The molecular weight excluding hydrogens is 289 g/mol. The molecule has 0 rings (SSSR count). The Morgan fingerprint density at radius 1 is 1.15 bits per heavy atom. The van der Waals surface area contributed by atoms with E-state index in [9.17, 15) is 14.2 Å². The van der Waals surface area contributed by atoms with Crippen LogP contribution in [0.1, 0.15) is 20.8 Å². The molecule has 9 heteroatoms. The minimum Gasteiger partial charge on any atom is -0.441 e. The molecule has 0 aliphatic rings. The lowest BCUT2D eigenvalue weighted by Crippen LogP contribution is -2.29. The first kappa shape index (κ1) is 18.6. The molecule has 0 aromatic heterocycles. The van der Waals surface area contributed by atoms with E-state index >= 15 is 0 Å². The van der Waals surface area contributed by atoms with Crippen LogP contribution in [0.5, 0.6) is 0 Å². The number of nitrogens with one attached hydrogen (secondary N) is 1. The van der Waals surface area contributed by atoms with E-state index in [0.29, 0.717) is 0 Å². The Morgan fingerprint density at radius 3 is 2.15 bits per heavy atom. The maximum atomic E-state index is 11.9. The Morgan fingerprint density at radius 2 is 1.70 bits per heavy atom. The van der Waals surface area contributed by atoms with Crippen molar-refractivity contribution >= 4 is 19.7 Å². The molecule has 0 heterocycles. The first-order valence-corrected chi connectivity index (χ1v) is 7.68. The van der Waals surface area contributed by atoms with Gasteiger partial charge in [-0.3, -0.25) is 9.88 Å². The molecule has 0 saturated carbocycles. The smallest absolute Gasteiger partial charge is 0.410 e. The highest BCUT2D eigenvalue weighted by Crippen LogP contribution is 2.47. The summed E-state index contributed by atoms with van der Waals surface area (Å²) in [5.41, 5.74) is 0.206. The number of carbonyl (C=O) groups excluding carboxylic acids is 2. The predicted octanol–water partition coefficient (Wildman–Crippen LogP) is 2.01. The molecule has 0 fully saturated rings. The Hall–Kier alpha value is -1.37. The maximum Gasteiger partial charge on any atom is 0.410 e. The second-order valence-electron chi connectivity index (χ2n) is 3.54. The van der Waals surface area contributed by atoms with Crippen molar-refractivity contribution in [2.75, 3.05) is 26.3 Å². The number of hydrogen-bond donors (Lipinski definition) is 1. The maximum absolute atomic E-state index is 11.9. The second-order valence-corrected chi connectivity index (χ2v) is 5.54. The van der Waals surface area contributed by atoms with Crippen molar-refractivity contribution in [2.24, 2.45) is 0 Å². The van der Waals surface area contributed by atoms with Crippen LogP contribution in [-0.2, 0) is 27.9 Å². The molecule has 0 saturated heterocycles. The molecule has 0 aliphatic carbocycles. The van der Waals surface area contributed by atoms with Crippen molar-refractivity contribution in [3.63, 3.8) is 0 Å². The van der Waals surface area contributed by atoms with Gasteiger partial charge in [0.05, 0.1) is 13.2 Å². The Balaban J connectivity index is 4.05. The molecular formula is C11H20NO7P. The van der Waals surface area contributed by atoms with Crippen LogP contribution in [0.2, 0.25) is 0 Å². The summed E-state index contributed by atoms with van der Waals surface area (Å²) in [6.07, 6.45) is -1.42. The monoisotopic (exact) mass is 309 g/mol. The van der Waals surface area contributed by atoms with E-state index in [0.717, 1.165) is 0 Å². The van der Waals surface area contributed by atoms with E-state index in [1.807, 2.05) is 0 Å². The summed E-state index contributed by atoms with van der Waals surface area (Å²) in [7, 11) is -3.45. The summed E-state index contributed by atoms with van der Waals surface area (Å²) in [5.74, 6) is -0.639. The minimum absolute atomic E-state index is 0.165. The van der Waals surface area contributed by atoms with Gasteiger partial charge in [0.25, 0.3) is 0 Å². The molecule has 0 unspecified atom stereocenters. The number of hydrogen-bond acceptors (Lipinski definition) is 7. The van der Waals surface area contributed by atoms with Crippen molar-refractivity contribution in [3.8, 4) is 0 Å². The van der Waals surface area contributed by atoms with Crippen molar-refractivity contribution in [1.82, 2.24) is 5.32 Å². The van der Waals surface area contributed by atoms with Gasteiger partial charge in [0, 0.05) is 5.57 Å². The number of esters is 1. The van der Waals surface area contributed by atoms with Crippen LogP contribution in [0, 0.1) is 0 Å². The fourth-order valence-corrected chi connectivity index (χ4v) is 2.26. The molecule has 0 spiro atoms. The molecule has 0 aromatic rings. The molecule has 116 valence electrons. The van der Waals surface area contributed by atoms with Crippen molar-refractivity contribution in [3.05, 3.63) is 12.2 Å². The van der Waals surface area contributed by atoms with Gasteiger partial charge in [-0.15, -0.1) is 0 Å². The molecule has 1 N–H and O–H groups in total. The van der Waals surface area contributed by atoms with Crippen molar-refractivity contribution in [2.45, 2.75) is 20.8 Å². The standard InChI is InChI=1S/C11H20NO7P/c1-5-18-20(15,19-6-2)8-17-11(14)12-7-16-10(13)9(3)4/h3,5-8H2,1-2,4H3,(H,12,14). The number of alkyl carbamates (subject to hydrolysis) is 1. The summed E-state index contributed by atoms with van der Waals surface area (Å²) >= 11 is 0. The highest BCUT2D eigenvalue weighted by molar-refractivity contribution is 7.53. The van der Waals surface area contributed by atoms with Gasteiger partial charge in [-0.1, -0.05) is 6.58 Å². The van der Waals surface area contributed by atoms with Crippen LogP contribution in [-0.4, -0.2) is 38.4 Å². The third kappa shape index (κ3) is 7.93. The lowest BCUT2D eigenvalue weighted by Gasteiger charge is -2.16. The van der Waals surface area contributed by atoms with Crippen LogP contribution >= 0.6 is 7.60 Å². The number of ether oxygens (including phenoxy) is 2. The predicted molar refractivity (Wildman–Crippen MR) is 71.1 cm³/mol. The van der Waals surface area contributed by atoms with Gasteiger partial charge < -0.3 is 18.5 Å². The second kappa shape index (κ2) is 9.52. The Kier molecular flexibility index (Phi) is 8.87. The lowest BCUT2D eigenvalue weighted by atomic mass is 10.4. The van der Waals surface area contributed by atoms with E-state index in [4.69, 9.17) is 9.05 Å². The van der Waals surface area contributed by atoms with Gasteiger partial charge in [0.1, 0.15) is 0 Å². The zero-order valence-corrected chi connectivity index (χ0v) is 12.7. The fraction of sp³-hybridized carbons (Fsp3) is 0.636. The molecule has 8 nitrogen and oxygen atoms in total. The fourth-order valence-electron chi connectivity index (χ4n) is 0.978. The SMILES string of the molecule is C=C(C)C(=O)OCNC(=O)OCP(=O)(OCC)OCC. The summed E-state index contributed by atoms with van der Waals surface area (Å²) in [5, 5.41) is 2.15. The summed E-state index contributed by atoms with van der Waals surface area (Å²) < 4.78 is 31.1. The molecule has 20 heavy (non-hydrogen) atoms. The highest BCUT2D eigenvalue weighted by atomic mass is 31.2. The summed E-state index contributed by atoms with van der Waals surface area (Å²) in [6.45, 7) is 8.08. The van der Waals surface area contributed by atoms with Crippen molar-refractivity contribution < 1.29 is 32.7 Å². The van der Waals surface area contributed by atoms with Gasteiger partial charge in [-0.2, -0.15) is 0 Å². The van der Waals surface area contributed by atoms with E-state index in [1.165, 1.54) is 6.92 Å². The third-order valence-electron chi connectivity index (χ3n) is 1.77. The van der Waals surface area contributed by atoms with Crippen LogP contribution in [0.4, 0.5) is 4.79 Å². The van der Waals surface area contributed by atoms with E-state index < -0.39 is 26.0 Å². The molecule has 0 atom stereocenters. The van der Waals surface area contributed by atoms with Gasteiger partial charge in [0.15, 0.2) is 13.1 Å². The van der Waals surface area contributed by atoms with E-state index in [2.05, 4.69) is 21.4 Å². The first-order chi connectivity index (χ1) is 9.34. The number of amides is 1. The molecule has 0 aromatic carbocycles. The highest BCUT2D eigenvalue weighted by Gasteiger charge is 2.25. The Bertz CT molecular complexity index is 386. The summed E-state index contributed by atoms with van der Waals surface area (Å²) in [6, 6.07) is 0. The van der Waals surface area contributed by atoms with Crippen LogP contribution in [0.15, 0.2) is 12.2 Å². The minimum atomic E-state index is -3.45. The average Bonchev–Trinajstić information content (AvgIpc) is 2.37. The normalized spacial score (nSPS) is 10.8. The van der Waals surface area contributed by atoms with Gasteiger partial charge in [0.2, 0.25) is 0 Å². The third-order valence-corrected chi connectivity index (χ3v) is 3.52. The molecule has 0 aliphatic heterocycles. The van der Waals surface area contributed by atoms with Crippen LogP contribution < -0.4 is 5.32 Å². The topological polar surface area (TPSA) is 100 Å². The Labute approximate surface area is 117 Å². The van der Waals surface area contributed by atoms with E-state index in [-0.39, 0.29) is 25.5 Å². The van der Waals surface area contributed by atoms with E-state index in [1.54, 1.807) is 13.8 Å². The summed E-state index contributed by atoms with van der Waals surface area (Å²) in [4.78, 5) is 22.3. The molecule has 0 radical (unpaired) electrons. The molecule has 0 bridgehead atoms. The molecule has 1 amide bonds. The number of rotatable bonds is 9. The van der Waals surface area contributed by atoms with Crippen LogP contribution in [0.3, 0.4) is 0 Å². The van der Waals surface area contributed by atoms with Gasteiger partial charge in [-0.05, 0) is 20.8 Å². The quantitative estimate of drug-likeness (QED) is 0.301. The van der Waals surface area contributed by atoms with Crippen molar-refractivity contribution in [1.29, 1.82) is 0 Å². The average molecular weight is 309 g/mol. The van der Waals surface area contributed by atoms with Gasteiger partial charge >= 0.3 is 19.7 Å². The zero-order chi connectivity index (χ0) is 15.6.